The van der Waals surface area contributed by atoms with E-state index < -0.39 is 5.82 Å². The van der Waals surface area contributed by atoms with Gasteiger partial charge in [0.2, 0.25) is 0 Å². The summed E-state index contributed by atoms with van der Waals surface area (Å²) in [7, 11) is 0. The van der Waals surface area contributed by atoms with Gasteiger partial charge in [0.25, 0.3) is 0 Å². The molecule has 1 fully saturated rings. The van der Waals surface area contributed by atoms with Gasteiger partial charge in [0, 0.05) is 6.61 Å². The Labute approximate surface area is 119 Å². The van der Waals surface area contributed by atoms with Crippen molar-refractivity contribution in [3.8, 4) is 5.69 Å². The number of ether oxygens (including phenoxy) is 1. The van der Waals surface area contributed by atoms with Crippen LogP contribution in [0.15, 0.2) is 18.2 Å². The second-order valence-electron chi connectivity index (χ2n) is 4.49. The minimum atomic E-state index is -0.509. The quantitative estimate of drug-likeness (QED) is 0.817. The molecule has 1 saturated heterocycles. The Morgan fingerprint density at radius 1 is 1.50 bits per heavy atom. The SMILES string of the molecule is O=Cc1nnn(-c2ccc(F)c(Cl)c2)c1C1CCCO1. The second-order valence-corrected chi connectivity index (χ2v) is 4.90. The fourth-order valence-electron chi connectivity index (χ4n) is 2.29. The molecule has 2 aromatic rings. The average Bonchev–Trinajstić information content (AvgIpc) is 3.09. The van der Waals surface area contributed by atoms with E-state index >= 15 is 0 Å². The number of hydrogen-bond acceptors (Lipinski definition) is 4. The van der Waals surface area contributed by atoms with Crippen molar-refractivity contribution < 1.29 is 13.9 Å². The number of hydrogen-bond donors (Lipinski definition) is 0. The molecule has 1 aliphatic rings. The van der Waals surface area contributed by atoms with Crippen LogP contribution in [0.25, 0.3) is 5.69 Å². The summed E-state index contributed by atoms with van der Waals surface area (Å²) >= 11 is 5.78. The molecule has 1 atom stereocenters. The Hall–Kier alpha value is -1.79. The molecule has 0 amide bonds. The molecular weight excluding hydrogens is 285 g/mol. The van der Waals surface area contributed by atoms with Crippen LogP contribution < -0.4 is 0 Å². The predicted molar refractivity (Wildman–Crippen MR) is 69.6 cm³/mol. The van der Waals surface area contributed by atoms with Crippen molar-refractivity contribution in [1.82, 2.24) is 15.0 Å². The first-order valence-corrected chi connectivity index (χ1v) is 6.56. The molecule has 104 valence electrons. The average molecular weight is 296 g/mol. The Balaban J connectivity index is 2.10. The fraction of sp³-hybridized carbons (Fsp3) is 0.308. The molecule has 0 aliphatic carbocycles. The third-order valence-electron chi connectivity index (χ3n) is 3.23. The molecule has 1 aromatic carbocycles. The largest absolute Gasteiger partial charge is 0.372 e. The summed E-state index contributed by atoms with van der Waals surface area (Å²) in [6, 6.07) is 4.22. The van der Waals surface area contributed by atoms with Gasteiger partial charge in [-0.2, -0.15) is 0 Å². The van der Waals surface area contributed by atoms with E-state index in [1.165, 1.54) is 22.9 Å². The number of carbonyl (C=O) groups is 1. The van der Waals surface area contributed by atoms with Crippen LogP contribution in [-0.2, 0) is 4.74 Å². The number of rotatable bonds is 3. The van der Waals surface area contributed by atoms with Gasteiger partial charge >= 0.3 is 0 Å². The van der Waals surface area contributed by atoms with Crippen LogP contribution in [0.1, 0.15) is 35.1 Å². The van der Waals surface area contributed by atoms with E-state index in [2.05, 4.69) is 10.3 Å². The molecule has 0 N–H and O–H groups in total. The monoisotopic (exact) mass is 295 g/mol. The molecule has 0 bridgehead atoms. The number of aldehydes is 1. The van der Waals surface area contributed by atoms with Gasteiger partial charge < -0.3 is 4.74 Å². The lowest BCUT2D eigenvalue weighted by molar-refractivity contribution is 0.102. The molecule has 3 rings (SSSR count). The zero-order valence-corrected chi connectivity index (χ0v) is 11.2. The maximum Gasteiger partial charge on any atom is 0.172 e. The normalized spacial score (nSPS) is 18.4. The maximum absolute atomic E-state index is 13.2. The maximum atomic E-state index is 13.2. The van der Waals surface area contributed by atoms with Crippen LogP contribution in [0.4, 0.5) is 4.39 Å². The van der Waals surface area contributed by atoms with Crippen LogP contribution in [-0.4, -0.2) is 27.9 Å². The molecule has 0 saturated carbocycles. The summed E-state index contributed by atoms with van der Waals surface area (Å²) in [6.45, 7) is 0.637. The molecule has 20 heavy (non-hydrogen) atoms. The lowest BCUT2D eigenvalue weighted by Crippen LogP contribution is -2.09. The minimum Gasteiger partial charge on any atom is -0.372 e. The highest BCUT2D eigenvalue weighted by Crippen LogP contribution is 2.31. The van der Waals surface area contributed by atoms with Gasteiger partial charge in [-0.15, -0.1) is 5.10 Å². The summed E-state index contributed by atoms with van der Waals surface area (Å²) in [6.07, 6.45) is 2.13. The molecule has 0 radical (unpaired) electrons. The molecule has 1 unspecified atom stereocenters. The summed E-state index contributed by atoms with van der Waals surface area (Å²) in [5.41, 5.74) is 1.36. The highest BCUT2D eigenvalue weighted by molar-refractivity contribution is 6.30. The molecule has 2 heterocycles. The van der Waals surface area contributed by atoms with Crippen molar-refractivity contribution in [2.75, 3.05) is 6.61 Å². The first-order valence-electron chi connectivity index (χ1n) is 6.18. The molecule has 1 aromatic heterocycles. The predicted octanol–water partition coefficient (Wildman–Crippen LogP) is 2.72. The van der Waals surface area contributed by atoms with Crippen LogP contribution in [0.5, 0.6) is 0 Å². The van der Waals surface area contributed by atoms with Gasteiger partial charge in [-0.25, -0.2) is 9.07 Å². The minimum absolute atomic E-state index is 0.0102. The standard InChI is InChI=1S/C13H11ClFN3O2/c14-9-6-8(3-4-10(9)15)18-13(11(7-19)16-17-18)12-2-1-5-20-12/h3-4,6-7,12H,1-2,5H2. The van der Waals surface area contributed by atoms with E-state index in [9.17, 15) is 9.18 Å². The Bertz CT molecular complexity index is 653. The number of carbonyl (C=O) groups excluding carboxylic acids is 1. The Kier molecular flexibility index (Phi) is 3.50. The van der Waals surface area contributed by atoms with Crippen LogP contribution in [0.2, 0.25) is 5.02 Å². The molecule has 5 nitrogen and oxygen atoms in total. The van der Waals surface area contributed by atoms with Crippen molar-refractivity contribution in [3.63, 3.8) is 0 Å². The van der Waals surface area contributed by atoms with Crippen molar-refractivity contribution in [2.45, 2.75) is 18.9 Å². The first-order chi connectivity index (χ1) is 9.70. The molecular formula is C13H11ClFN3O2. The summed E-state index contributed by atoms with van der Waals surface area (Å²) in [5, 5.41) is 7.77. The van der Waals surface area contributed by atoms with E-state index in [4.69, 9.17) is 16.3 Å². The molecule has 1 aliphatic heterocycles. The fourth-order valence-corrected chi connectivity index (χ4v) is 2.46. The third kappa shape index (κ3) is 2.21. The summed E-state index contributed by atoms with van der Waals surface area (Å²) in [5.74, 6) is -0.509. The molecule has 0 spiro atoms. The van der Waals surface area contributed by atoms with Crippen molar-refractivity contribution >= 4 is 17.9 Å². The second kappa shape index (κ2) is 5.30. The van der Waals surface area contributed by atoms with E-state index in [1.807, 2.05) is 0 Å². The topological polar surface area (TPSA) is 57.0 Å². The number of aromatic nitrogens is 3. The van der Waals surface area contributed by atoms with E-state index in [1.54, 1.807) is 0 Å². The highest BCUT2D eigenvalue weighted by Gasteiger charge is 2.27. The van der Waals surface area contributed by atoms with E-state index in [0.29, 0.717) is 24.3 Å². The van der Waals surface area contributed by atoms with Gasteiger partial charge in [-0.05, 0) is 31.0 Å². The van der Waals surface area contributed by atoms with Crippen molar-refractivity contribution in [3.05, 3.63) is 40.4 Å². The van der Waals surface area contributed by atoms with E-state index in [-0.39, 0.29) is 16.8 Å². The van der Waals surface area contributed by atoms with Crippen molar-refractivity contribution in [2.24, 2.45) is 0 Å². The molecule has 7 heteroatoms. The first kappa shape index (κ1) is 13.2. The zero-order valence-electron chi connectivity index (χ0n) is 10.4. The number of nitrogens with zero attached hydrogens (tertiary/aromatic N) is 3. The summed E-state index contributed by atoms with van der Waals surface area (Å²) in [4.78, 5) is 11.1. The van der Waals surface area contributed by atoms with Gasteiger partial charge in [-0.1, -0.05) is 16.8 Å². The van der Waals surface area contributed by atoms with Gasteiger partial charge in [-0.3, -0.25) is 4.79 Å². The van der Waals surface area contributed by atoms with Crippen LogP contribution >= 0.6 is 11.6 Å². The number of benzene rings is 1. The van der Waals surface area contributed by atoms with Crippen molar-refractivity contribution in [1.29, 1.82) is 0 Å². The zero-order chi connectivity index (χ0) is 14.1. The van der Waals surface area contributed by atoms with Crippen LogP contribution in [0, 0.1) is 5.82 Å². The highest BCUT2D eigenvalue weighted by atomic mass is 35.5. The Morgan fingerprint density at radius 2 is 2.35 bits per heavy atom. The third-order valence-corrected chi connectivity index (χ3v) is 3.52. The number of halogens is 2. The van der Waals surface area contributed by atoms with E-state index in [0.717, 1.165) is 12.8 Å². The Morgan fingerprint density at radius 3 is 3.00 bits per heavy atom. The van der Waals surface area contributed by atoms with Crippen LogP contribution in [0.3, 0.4) is 0 Å². The smallest absolute Gasteiger partial charge is 0.172 e. The van der Waals surface area contributed by atoms with Gasteiger partial charge in [0.05, 0.1) is 10.7 Å². The lowest BCUT2D eigenvalue weighted by Gasteiger charge is -2.12. The lowest BCUT2D eigenvalue weighted by atomic mass is 10.1. The van der Waals surface area contributed by atoms with Gasteiger partial charge in [0.1, 0.15) is 17.6 Å². The van der Waals surface area contributed by atoms with Gasteiger partial charge in [0.15, 0.2) is 12.0 Å². The summed E-state index contributed by atoms with van der Waals surface area (Å²) < 4.78 is 20.3.